The van der Waals surface area contributed by atoms with E-state index in [1.807, 2.05) is 18.3 Å². The molecule has 0 fully saturated rings. The summed E-state index contributed by atoms with van der Waals surface area (Å²) in [7, 11) is 0. The average molecular weight is 143 g/mol. The monoisotopic (exact) mass is 142 g/mol. The number of nitrogens with one attached hydrogen (secondary N) is 2. The molecule has 0 amide bonds. The Morgan fingerprint density at radius 2 is 2.11 bits per heavy atom. The van der Waals surface area contributed by atoms with Gasteiger partial charge < -0.3 is 10.2 Å². The lowest BCUT2D eigenvalue weighted by molar-refractivity contribution is 1.10. The number of halogens is 1. The molecule has 1 aliphatic carbocycles. The van der Waals surface area contributed by atoms with Crippen molar-refractivity contribution in [1.29, 1.82) is 0 Å². The lowest BCUT2D eigenvalue weighted by Crippen LogP contribution is -1.62. The molecule has 2 rings (SSSR count). The van der Waals surface area contributed by atoms with E-state index in [9.17, 15) is 0 Å². The largest absolute Gasteiger partial charge is 0.307 e. The van der Waals surface area contributed by atoms with Gasteiger partial charge in [0.05, 0.1) is 5.69 Å². The van der Waals surface area contributed by atoms with E-state index in [4.69, 9.17) is 0 Å². The molecule has 0 saturated heterocycles. The Morgan fingerprint density at radius 3 is 2.89 bits per heavy atom. The molecule has 2 N–H and O–H groups in total. The molecule has 0 aromatic rings. The molecule has 2 aliphatic rings. The maximum atomic E-state index is 2.97. The zero-order valence-electron chi connectivity index (χ0n) is 4.72. The Kier molecular flexibility index (Phi) is 1.49. The van der Waals surface area contributed by atoms with Gasteiger partial charge in [-0.15, -0.1) is 12.4 Å². The molecule has 1 aliphatic heterocycles. The number of H-pyrrole nitrogens is 2. The van der Waals surface area contributed by atoms with Gasteiger partial charge in [0.1, 0.15) is 0 Å². The summed E-state index contributed by atoms with van der Waals surface area (Å²) >= 11 is 0. The van der Waals surface area contributed by atoms with Crippen LogP contribution in [-0.2, 0) is 0 Å². The predicted octanol–water partition coefficient (Wildman–Crippen LogP) is 1.87. The van der Waals surface area contributed by atoms with E-state index in [0.717, 1.165) is 0 Å². The van der Waals surface area contributed by atoms with E-state index in [1.165, 1.54) is 11.3 Å². The Bertz CT molecular complexity index is 202. The fraction of sp³-hybridized carbons (Fsp3) is 0. The molecule has 0 saturated carbocycles. The Balaban J connectivity index is 0.000000405. The summed E-state index contributed by atoms with van der Waals surface area (Å²) < 4.78 is 0. The van der Waals surface area contributed by atoms with E-state index in [1.54, 1.807) is 0 Å². The molecule has 9 heavy (non-hydrogen) atoms. The Hall–Kier alpha value is -0.890. The van der Waals surface area contributed by atoms with Gasteiger partial charge in [-0.1, -0.05) is 12.1 Å². The first kappa shape index (κ1) is 6.23. The van der Waals surface area contributed by atoms with Crippen LogP contribution in [0.15, 0.2) is 24.4 Å². The molecule has 3 heteroatoms. The minimum Gasteiger partial charge on any atom is -0.307 e. The van der Waals surface area contributed by atoms with E-state index in [-0.39, 0.29) is 12.4 Å². The van der Waals surface area contributed by atoms with Crippen molar-refractivity contribution in [3.05, 3.63) is 24.4 Å². The van der Waals surface area contributed by atoms with Crippen LogP contribution in [0.2, 0.25) is 0 Å². The Labute approximate surface area is 59.0 Å². The van der Waals surface area contributed by atoms with Crippen LogP contribution in [0.1, 0.15) is 0 Å². The minimum atomic E-state index is 0. The van der Waals surface area contributed by atoms with Crippen molar-refractivity contribution in [2.24, 2.45) is 0 Å². The topological polar surface area (TPSA) is 31.6 Å². The molecule has 48 valence electrons. The van der Waals surface area contributed by atoms with Crippen molar-refractivity contribution in [1.82, 2.24) is 10.2 Å². The van der Waals surface area contributed by atoms with Crippen LogP contribution in [-0.4, -0.2) is 10.2 Å². The van der Waals surface area contributed by atoms with Gasteiger partial charge in [0.25, 0.3) is 0 Å². The predicted molar refractivity (Wildman–Crippen MR) is 39.0 cm³/mol. The smallest absolute Gasteiger partial charge is 0.0627 e. The standard InChI is InChI=1S/C6H6N2.ClH/c1-2-5-4-7-8-6(5)3-1;/h1-4,7-8H;1H. The van der Waals surface area contributed by atoms with Crippen molar-refractivity contribution in [3.63, 3.8) is 0 Å². The van der Waals surface area contributed by atoms with Crippen LogP contribution >= 0.6 is 12.4 Å². The quantitative estimate of drug-likeness (QED) is 0.563. The van der Waals surface area contributed by atoms with E-state index in [0.29, 0.717) is 0 Å². The maximum Gasteiger partial charge on any atom is 0.0627 e. The van der Waals surface area contributed by atoms with E-state index >= 15 is 0 Å². The van der Waals surface area contributed by atoms with Crippen LogP contribution in [0.3, 0.4) is 0 Å². The van der Waals surface area contributed by atoms with E-state index in [2.05, 4.69) is 16.3 Å². The summed E-state index contributed by atoms with van der Waals surface area (Å²) in [4.78, 5) is 0. The van der Waals surface area contributed by atoms with Crippen LogP contribution in [0.4, 0.5) is 0 Å². The molecule has 0 unspecified atom stereocenters. The van der Waals surface area contributed by atoms with Crippen molar-refractivity contribution < 1.29 is 0 Å². The van der Waals surface area contributed by atoms with E-state index < -0.39 is 0 Å². The van der Waals surface area contributed by atoms with Gasteiger partial charge >= 0.3 is 0 Å². The lowest BCUT2D eigenvalue weighted by atomic mass is 10.3. The van der Waals surface area contributed by atoms with Gasteiger partial charge in [-0.25, -0.2) is 0 Å². The third-order valence-corrected chi connectivity index (χ3v) is 1.28. The summed E-state index contributed by atoms with van der Waals surface area (Å²) in [5, 5.41) is 5.87. The van der Waals surface area contributed by atoms with Crippen molar-refractivity contribution in [2.45, 2.75) is 0 Å². The highest BCUT2D eigenvalue weighted by molar-refractivity contribution is 5.85. The lowest BCUT2D eigenvalue weighted by Gasteiger charge is -1.77. The number of hydrogen-bond acceptors (Lipinski definition) is 0. The molecule has 0 atom stereocenters. The summed E-state index contributed by atoms with van der Waals surface area (Å²) in [5.41, 5.74) is 2.41. The number of aromatic amines is 2. The third kappa shape index (κ3) is 0.813. The highest BCUT2D eigenvalue weighted by atomic mass is 35.5. The number of rotatable bonds is 0. The minimum absolute atomic E-state index is 0. The molecular formula is C6H7ClN2. The van der Waals surface area contributed by atoms with Gasteiger partial charge in [-0.3, -0.25) is 0 Å². The first-order chi connectivity index (χ1) is 3.97. The van der Waals surface area contributed by atoms with Gasteiger partial charge in [0.2, 0.25) is 0 Å². The van der Waals surface area contributed by atoms with Gasteiger partial charge in [-0.2, -0.15) is 0 Å². The Morgan fingerprint density at radius 1 is 1.22 bits per heavy atom. The first-order valence-electron chi connectivity index (χ1n) is 2.57. The molecule has 0 bridgehead atoms. The molecule has 1 heterocycles. The van der Waals surface area contributed by atoms with Crippen molar-refractivity contribution in [2.75, 3.05) is 0 Å². The zero-order valence-corrected chi connectivity index (χ0v) is 5.53. The van der Waals surface area contributed by atoms with Crippen molar-refractivity contribution >= 4 is 12.4 Å². The molecule has 0 spiro atoms. The van der Waals surface area contributed by atoms with Gasteiger partial charge in [0, 0.05) is 11.8 Å². The second-order valence-electron chi connectivity index (χ2n) is 1.81. The van der Waals surface area contributed by atoms with Crippen LogP contribution in [0.25, 0.3) is 11.3 Å². The summed E-state index contributed by atoms with van der Waals surface area (Å²) in [5.74, 6) is 0. The van der Waals surface area contributed by atoms with Crippen LogP contribution in [0.5, 0.6) is 0 Å². The van der Waals surface area contributed by atoms with Crippen LogP contribution in [0, 0.1) is 0 Å². The number of aromatic nitrogens is 2. The highest BCUT2D eigenvalue weighted by Gasteiger charge is 1.98. The highest BCUT2D eigenvalue weighted by Crippen LogP contribution is 2.17. The summed E-state index contributed by atoms with van der Waals surface area (Å²) in [6.07, 6.45) is 1.94. The molecule has 0 radical (unpaired) electrons. The number of hydrogen-bond donors (Lipinski definition) is 2. The normalized spacial score (nSPS) is 9.33. The molecule has 0 aromatic heterocycles. The maximum absolute atomic E-state index is 2.97. The fourth-order valence-electron chi connectivity index (χ4n) is 0.865. The third-order valence-electron chi connectivity index (χ3n) is 1.28. The summed E-state index contributed by atoms with van der Waals surface area (Å²) in [6, 6.07) is 6.11. The number of fused-ring (bicyclic) bond motifs is 1. The van der Waals surface area contributed by atoms with Gasteiger partial charge in [-0.05, 0) is 6.07 Å². The molecular weight excluding hydrogens is 136 g/mol. The first-order valence-corrected chi connectivity index (χ1v) is 2.57. The van der Waals surface area contributed by atoms with Gasteiger partial charge in [0.15, 0.2) is 0 Å². The van der Waals surface area contributed by atoms with Crippen LogP contribution < -0.4 is 0 Å². The fourth-order valence-corrected chi connectivity index (χ4v) is 0.865. The molecule has 0 aromatic carbocycles. The summed E-state index contributed by atoms with van der Waals surface area (Å²) in [6.45, 7) is 0. The SMILES string of the molecule is Cl.c1cc2c[nH][nH]c-2c1. The second-order valence-corrected chi connectivity index (χ2v) is 1.81. The average Bonchev–Trinajstić information content (AvgIpc) is 2.15. The molecule has 2 nitrogen and oxygen atoms in total. The zero-order chi connectivity index (χ0) is 5.40. The van der Waals surface area contributed by atoms with Crippen molar-refractivity contribution in [3.8, 4) is 11.3 Å². The second kappa shape index (κ2) is 2.15.